The molecular weight excluding hydrogens is 1810 g/mol. The van der Waals surface area contributed by atoms with E-state index in [2.05, 4.69) is 117 Å². The number of nitrogens with one attached hydrogen (secondary N) is 9. The second-order valence-electron chi connectivity index (χ2n) is 32.9. The van der Waals surface area contributed by atoms with E-state index in [1.54, 1.807) is 93.0 Å². The number of carbonyl (C=O) groups is 14. The number of piperidine rings is 1. The van der Waals surface area contributed by atoms with Gasteiger partial charge in [0.15, 0.2) is 17.3 Å². The number of ketones is 3. The van der Waals surface area contributed by atoms with Gasteiger partial charge in [0.1, 0.15) is 24.2 Å². The van der Waals surface area contributed by atoms with Gasteiger partial charge < -0.3 is 57.5 Å². The number of benzene rings is 5. The molecule has 9 unspecified atom stereocenters. The largest absolute Gasteiger partial charge is 0.368 e. The zero-order valence-electron chi connectivity index (χ0n) is 72.6. The van der Waals surface area contributed by atoms with Crippen LogP contribution in [-0.2, 0) is 99.0 Å². The van der Waals surface area contributed by atoms with Crippen LogP contribution in [0.3, 0.4) is 0 Å². The third-order valence-corrected chi connectivity index (χ3v) is 50.1. The number of urea groups is 1. The van der Waals surface area contributed by atoms with Crippen molar-refractivity contribution < 1.29 is 71.6 Å². The van der Waals surface area contributed by atoms with Gasteiger partial charge in [0, 0.05) is 91.1 Å². The maximum absolute atomic E-state index is 14.7. The molecule has 0 bridgehead atoms. The van der Waals surface area contributed by atoms with Crippen molar-refractivity contribution >= 4 is 199 Å². The first-order valence-electron chi connectivity index (χ1n) is 42.4. The number of Topliss-reactive ketones (excluding diaryl/α,β-unsaturated/α-hetero) is 3. The van der Waals surface area contributed by atoms with E-state index in [1.807, 2.05) is 75.4 Å². The number of halogens is 1. The lowest BCUT2D eigenvalue weighted by Gasteiger charge is -2.30. The highest BCUT2D eigenvalue weighted by atomic mass is 35.5. The van der Waals surface area contributed by atoms with Crippen LogP contribution in [0.4, 0.5) is 16.2 Å². The first-order chi connectivity index (χ1) is 60.0. The summed E-state index contributed by atoms with van der Waals surface area (Å²) in [6, 6.07) is 32.8. The molecule has 2 aliphatic heterocycles. The highest BCUT2D eigenvalue weighted by Gasteiger charge is 2.41. The maximum Gasteiger partial charge on any atom is 0.323 e. The van der Waals surface area contributed by atoms with E-state index in [-0.39, 0.29) is 100 Å². The van der Waals surface area contributed by atoms with Crippen molar-refractivity contribution in [2.75, 3.05) is 23.8 Å². The Bertz CT molecular complexity index is 4670. The number of unbranched alkanes of at least 4 members (excludes halogenated alkanes) is 2. The molecule has 682 valence electrons. The highest BCUT2D eigenvalue weighted by Crippen LogP contribution is 2.86. The molecule has 6 aromatic rings. The summed E-state index contributed by atoms with van der Waals surface area (Å²) in [7, 11) is 12.9. The fourth-order valence-corrected chi connectivity index (χ4v) is 35.9. The highest BCUT2D eigenvalue weighted by molar-refractivity contribution is 8.87. The molecule has 2 saturated heterocycles. The van der Waals surface area contributed by atoms with Crippen molar-refractivity contribution in [3.8, 4) is 0 Å². The number of hydrogen-bond donors (Lipinski definition) is 10. The molecule has 0 radical (unpaired) electrons. The fourth-order valence-electron chi connectivity index (χ4n) is 14.7. The van der Waals surface area contributed by atoms with E-state index >= 15 is 0 Å². The predicted molar refractivity (Wildman–Crippen MR) is 526 cm³/mol. The number of rotatable bonds is 48. The Morgan fingerprint density at radius 2 is 1.11 bits per heavy atom. The summed E-state index contributed by atoms with van der Waals surface area (Å²) in [5, 5.41) is 28.1. The SMILES string of the molecule is CC(C)CCCCC[C@H](NC(=O)[C@@H](CC(=O)[C@@H](Cc1ccc(NC(=O)NP(PP)P(P)P)cc1)NC(=O)[C@@H](C)Cc1ccc(NC(=O)C2CC(=O)NC(=O)C2)cc1)CC(C)C)C(=O)N1CCC[C@H]1C(=O)N[C@H](C)C(N)=O.CCC(=O)[C@H](COP(P)PP)NC(=O)[C@H](CC(=O)[C@@H](Cc1ccc(Cl)cc1)NC(=O)[C@H](C)Cc1ccc2ccccc2c1)Cc1cccnc1. The maximum atomic E-state index is 14.7. The molecule has 1 aromatic heterocycles. The fraction of sp³-hybridized carbons (Fsp3) is 0.466. The first kappa shape index (κ1) is 106. The standard InChI is InChI=1S/C51H79N9O10P6.C37H44ClN3O5P4/c1-29(2)11-8-7-9-12-39(50(69)60-22-10-13-41(60)49(68)53-32(6)45(52)64)56-48(67)35(23-30(3)4)26-42(61)40(25-34-16-20-38(21-17-34)55-51(70)59-75(74-71)76(72)73)57-46(65)31(5)24-33-14-18-37(19-15-33)54-47(66)36-27-43(62)58-44(63)28-36;1-3-34(42)33(23-46-50(48)49-47)41-37(45)30(19-27-7-6-16-39-22-27)21-35(43)32(20-25-11-14-31(38)15-12-25)40-36(44)24(2)17-26-10-13-28-8-4-5-9-29(28)18-26/h14-21,29-32,35-36,39-41,74H,7-13,22-28,71-73H2,1-6H3,(H2,52,64)(H,53,68)(H,54,66)(H,56,67)(H,57,65)(H2,55,59,70)(H,58,62,63);4-16,18,22,24,30,32-33,49H,3,17,19-21,23,47-48H2,1-2H3,(H,40,44)(H,41,45)/t31-,32+,35+,39-,40+,41-,75?;24-,30+,32-,33+,50?/m01/s1. The van der Waals surface area contributed by atoms with Crippen molar-refractivity contribution in [1.82, 2.24) is 46.9 Å². The van der Waals surface area contributed by atoms with Crippen molar-refractivity contribution in [2.24, 2.45) is 47.2 Å². The van der Waals surface area contributed by atoms with Gasteiger partial charge in [-0.15, -0.1) is 35.7 Å². The minimum Gasteiger partial charge on any atom is -0.368 e. The van der Waals surface area contributed by atoms with Crippen LogP contribution in [0.5, 0.6) is 0 Å². The van der Waals surface area contributed by atoms with E-state index < -0.39 is 147 Å². The Balaban J connectivity index is 0.000000376. The summed E-state index contributed by atoms with van der Waals surface area (Å²) in [6.45, 7) is 14.8. The Morgan fingerprint density at radius 1 is 0.571 bits per heavy atom. The predicted octanol–water partition coefficient (Wildman–Crippen LogP) is 14.8. The average molecular weight is 1930 g/mol. The lowest BCUT2D eigenvalue weighted by molar-refractivity contribution is -0.143. The van der Waals surface area contributed by atoms with Gasteiger partial charge >= 0.3 is 6.03 Å². The minimum absolute atomic E-state index is 0.0390. The van der Waals surface area contributed by atoms with Crippen LogP contribution in [0.2, 0.25) is 5.02 Å². The van der Waals surface area contributed by atoms with Gasteiger partial charge in [-0.1, -0.05) is 188 Å². The Morgan fingerprint density at radius 3 is 1.67 bits per heavy atom. The monoisotopic (exact) mass is 1930 g/mol. The van der Waals surface area contributed by atoms with Crippen LogP contribution in [0, 0.1) is 41.4 Å². The lowest BCUT2D eigenvalue weighted by atomic mass is 9.87. The molecule has 0 spiro atoms. The third kappa shape index (κ3) is 36.5. The topological polar surface area (TPSA) is 399 Å². The molecule has 126 heavy (non-hydrogen) atoms. The number of primary amides is 1. The summed E-state index contributed by atoms with van der Waals surface area (Å²) in [4.78, 5) is 193. The summed E-state index contributed by atoms with van der Waals surface area (Å²) >= 11 is 6.13. The smallest absolute Gasteiger partial charge is 0.323 e. The van der Waals surface area contributed by atoms with E-state index in [0.29, 0.717) is 82.3 Å². The molecule has 11 N–H and O–H groups in total. The lowest BCUT2D eigenvalue weighted by Crippen LogP contribution is -2.56. The number of carbonyl (C=O) groups excluding carboxylic acids is 14. The molecule has 19 atom stereocenters. The van der Waals surface area contributed by atoms with E-state index in [9.17, 15) is 67.1 Å². The zero-order valence-corrected chi connectivity index (χ0v) is 83.8. The molecule has 38 heteroatoms. The van der Waals surface area contributed by atoms with Gasteiger partial charge in [-0.05, 0) is 173 Å². The zero-order chi connectivity index (χ0) is 92.3. The Labute approximate surface area is 763 Å². The molecule has 5 aromatic carbocycles. The van der Waals surface area contributed by atoms with Gasteiger partial charge in [-0.25, -0.2) is 4.79 Å². The van der Waals surface area contributed by atoms with E-state index in [4.69, 9.17) is 21.9 Å². The Kier molecular flexibility index (Phi) is 46.2. The second kappa shape index (κ2) is 54.8. The summed E-state index contributed by atoms with van der Waals surface area (Å²) in [5.41, 5.74) is 10.5. The molecular formula is C88H123ClN12O15P10. The van der Waals surface area contributed by atoms with Crippen molar-refractivity contribution in [3.05, 3.63) is 173 Å². The van der Waals surface area contributed by atoms with Crippen LogP contribution in [0.1, 0.15) is 167 Å². The van der Waals surface area contributed by atoms with Gasteiger partial charge in [-0.2, -0.15) is 0 Å². The number of amides is 12. The third-order valence-electron chi connectivity index (χ3n) is 21.7. The van der Waals surface area contributed by atoms with Crippen LogP contribution < -0.4 is 53.4 Å². The number of nitrogens with zero attached hydrogens (tertiary/aromatic N) is 2. The Hall–Kier alpha value is -6.76. The molecule has 12 amide bonds. The molecule has 8 rings (SSSR count). The van der Waals surface area contributed by atoms with Crippen LogP contribution in [-0.4, -0.2) is 142 Å². The number of aromatic nitrogens is 1. The van der Waals surface area contributed by atoms with Crippen molar-refractivity contribution in [1.29, 1.82) is 0 Å². The molecule has 3 heterocycles. The van der Waals surface area contributed by atoms with Crippen molar-refractivity contribution in [2.45, 2.75) is 207 Å². The van der Waals surface area contributed by atoms with Crippen LogP contribution >= 0.6 is 94.1 Å². The molecule has 2 fully saturated rings. The van der Waals surface area contributed by atoms with E-state index in [1.165, 1.54) is 11.8 Å². The number of nitrogens with two attached hydrogens (primary N) is 1. The number of anilines is 2. The van der Waals surface area contributed by atoms with E-state index in [0.717, 1.165) is 52.3 Å². The van der Waals surface area contributed by atoms with Gasteiger partial charge in [0.2, 0.25) is 59.1 Å². The summed E-state index contributed by atoms with van der Waals surface area (Å²) < 4.78 is 5.85. The number of pyridine rings is 1. The number of likely N-dealkylation sites (tertiary alicyclic amines) is 1. The quantitative estimate of drug-likeness (QED) is 0.00963. The summed E-state index contributed by atoms with van der Waals surface area (Å²) in [5.74, 6) is -8.60. The molecule has 27 nitrogen and oxygen atoms in total. The van der Waals surface area contributed by atoms with Gasteiger partial charge in [-0.3, -0.25) is 72.6 Å². The van der Waals surface area contributed by atoms with Crippen LogP contribution in [0.15, 0.2) is 140 Å². The average Bonchev–Trinajstić information content (AvgIpc) is 1.65. The minimum atomic E-state index is -1.08. The molecule has 2 aliphatic rings. The normalized spacial score (nSPS) is 16.2. The van der Waals surface area contributed by atoms with Gasteiger partial charge in [0.25, 0.3) is 0 Å². The number of fused-ring (bicyclic) bond motifs is 1. The first-order valence-corrected chi connectivity index (χ1v) is 59.6. The van der Waals surface area contributed by atoms with Crippen molar-refractivity contribution in [3.63, 3.8) is 0 Å². The molecule has 0 aliphatic carbocycles. The van der Waals surface area contributed by atoms with Gasteiger partial charge in [0.05, 0.1) is 39.6 Å². The van der Waals surface area contributed by atoms with Crippen LogP contribution in [0.25, 0.3) is 10.8 Å². The molecule has 0 saturated carbocycles. The number of hydrogen-bond acceptors (Lipinski definition) is 16. The second-order valence-corrected chi connectivity index (χ2v) is 59.6. The summed E-state index contributed by atoms with van der Waals surface area (Å²) in [6.07, 6.45) is 9.14. The number of imide groups is 1.